The van der Waals surface area contributed by atoms with Crippen LogP contribution < -0.4 is 10.1 Å². The molecular formula is C20H16F4N4O4. The zero-order chi connectivity index (χ0) is 23.3. The molecule has 0 aliphatic heterocycles. The zero-order valence-electron chi connectivity index (χ0n) is 16.3. The molecule has 3 aromatic rings. The number of nitro benzene ring substituents is 1. The van der Waals surface area contributed by atoms with Crippen LogP contribution >= 0.6 is 0 Å². The number of nitrogens with zero attached hydrogens (tertiary/aromatic N) is 3. The molecule has 1 aromatic carbocycles. The second kappa shape index (κ2) is 9.45. The number of halogens is 4. The third-order valence-corrected chi connectivity index (χ3v) is 4.25. The van der Waals surface area contributed by atoms with Crippen LogP contribution in [0.1, 0.15) is 22.3 Å². The molecular weight excluding hydrogens is 436 g/mol. The number of alkyl halides is 3. The third-order valence-electron chi connectivity index (χ3n) is 4.25. The van der Waals surface area contributed by atoms with Crippen molar-refractivity contribution in [1.82, 2.24) is 14.9 Å². The Bertz CT molecular complexity index is 1120. The molecule has 2 heterocycles. The van der Waals surface area contributed by atoms with Gasteiger partial charge in [-0.05, 0) is 30.7 Å². The third kappa shape index (κ3) is 5.59. The van der Waals surface area contributed by atoms with E-state index in [-0.39, 0.29) is 31.3 Å². The van der Waals surface area contributed by atoms with E-state index < -0.39 is 39.6 Å². The molecule has 1 amide bonds. The van der Waals surface area contributed by atoms with Gasteiger partial charge < -0.3 is 14.6 Å². The fourth-order valence-corrected chi connectivity index (χ4v) is 2.70. The number of hydrogen-bond acceptors (Lipinski definition) is 5. The maximum atomic E-state index is 13.8. The molecule has 0 bridgehead atoms. The van der Waals surface area contributed by atoms with E-state index in [2.05, 4.69) is 10.3 Å². The molecule has 3 rings (SSSR count). The number of hydrogen-bond donors (Lipinski definition) is 1. The van der Waals surface area contributed by atoms with Crippen LogP contribution in [0, 0.1) is 15.9 Å². The number of rotatable bonds is 8. The van der Waals surface area contributed by atoms with Gasteiger partial charge >= 0.3 is 6.18 Å². The molecule has 8 nitrogen and oxygen atoms in total. The van der Waals surface area contributed by atoms with Gasteiger partial charge in [0, 0.05) is 37.1 Å². The van der Waals surface area contributed by atoms with Gasteiger partial charge in [0.1, 0.15) is 11.6 Å². The van der Waals surface area contributed by atoms with Crippen molar-refractivity contribution in [2.75, 3.05) is 13.2 Å². The van der Waals surface area contributed by atoms with Crippen molar-refractivity contribution in [3.8, 4) is 11.7 Å². The second-order valence-electron chi connectivity index (χ2n) is 6.52. The van der Waals surface area contributed by atoms with Crippen LogP contribution in [0.2, 0.25) is 0 Å². The van der Waals surface area contributed by atoms with Gasteiger partial charge in [0.2, 0.25) is 5.88 Å². The van der Waals surface area contributed by atoms with Crippen LogP contribution in [0.15, 0.2) is 54.9 Å². The van der Waals surface area contributed by atoms with Crippen LogP contribution in [0.3, 0.4) is 0 Å². The van der Waals surface area contributed by atoms with Crippen molar-refractivity contribution in [1.29, 1.82) is 0 Å². The number of nitro groups is 1. The van der Waals surface area contributed by atoms with Crippen LogP contribution in [-0.2, 0) is 6.18 Å². The lowest BCUT2D eigenvalue weighted by molar-refractivity contribution is -0.384. The Labute approximate surface area is 178 Å². The largest absolute Gasteiger partial charge is 0.478 e. The second-order valence-corrected chi connectivity index (χ2v) is 6.52. The minimum Gasteiger partial charge on any atom is -0.478 e. The Morgan fingerprint density at radius 1 is 1.19 bits per heavy atom. The van der Waals surface area contributed by atoms with Crippen LogP contribution in [-0.4, -0.2) is 33.5 Å². The Morgan fingerprint density at radius 2 is 1.91 bits per heavy atom. The lowest BCUT2D eigenvalue weighted by Crippen LogP contribution is -2.26. The van der Waals surface area contributed by atoms with Gasteiger partial charge in [0.15, 0.2) is 0 Å². The van der Waals surface area contributed by atoms with E-state index >= 15 is 0 Å². The van der Waals surface area contributed by atoms with Crippen LogP contribution in [0.5, 0.6) is 5.88 Å². The summed E-state index contributed by atoms with van der Waals surface area (Å²) in [5.41, 5.74) is -1.86. The highest BCUT2D eigenvalue weighted by molar-refractivity contribution is 5.95. The first-order chi connectivity index (χ1) is 15.1. The van der Waals surface area contributed by atoms with Crippen molar-refractivity contribution < 1.29 is 32.0 Å². The number of non-ortho nitro benzene ring substituents is 1. The number of nitrogens with one attached hydrogen (secondary N) is 1. The number of carbonyl (C=O) groups excluding carboxylic acids is 1. The molecule has 2 aromatic heterocycles. The highest BCUT2D eigenvalue weighted by Gasteiger charge is 2.32. The predicted octanol–water partition coefficient (Wildman–Crippen LogP) is 4.14. The summed E-state index contributed by atoms with van der Waals surface area (Å²) in [6, 6.07) is 7.49. The van der Waals surface area contributed by atoms with Crippen LogP contribution in [0.4, 0.5) is 23.2 Å². The minimum atomic E-state index is -4.60. The standard InChI is InChI=1S/C20H16F4N4O4/c21-16-5-4-14(28(30)31)12-15(16)19(29)25-6-3-9-32-18-11-13(20(22,23)24)10-17(26-18)27-7-1-2-8-27/h1-2,4-5,7-8,10-12H,3,6,9H2,(H,25,29). The van der Waals surface area contributed by atoms with Crippen molar-refractivity contribution >= 4 is 11.6 Å². The fraction of sp³-hybridized carbons (Fsp3) is 0.200. The maximum Gasteiger partial charge on any atom is 0.416 e. The number of amides is 1. The lowest BCUT2D eigenvalue weighted by Gasteiger charge is -2.13. The first kappa shape index (κ1) is 22.7. The minimum absolute atomic E-state index is 0.00954. The van der Waals surface area contributed by atoms with Crippen molar-refractivity contribution in [2.45, 2.75) is 12.6 Å². The number of aromatic nitrogens is 2. The Hall–Kier alpha value is -3.96. The molecule has 0 saturated heterocycles. The van der Waals surface area contributed by atoms with Gasteiger partial charge in [0.25, 0.3) is 11.6 Å². The van der Waals surface area contributed by atoms with Crippen molar-refractivity contribution in [2.24, 2.45) is 0 Å². The topological polar surface area (TPSA) is 99.3 Å². The van der Waals surface area contributed by atoms with E-state index in [0.29, 0.717) is 0 Å². The summed E-state index contributed by atoms with van der Waals surface area (Å²) in [5.74, 6) is -2.01. The predicted molar refractivity (Wildman–Crippen MR) is 104 cm³/mol. The molecule has 0 atom stereocenters. The van der Waals surface area contributed by atoms with Gasteiger partial charge in [-0.25, -0.2) is 4.39 Å². The maximum absolute atomic E-state index is 13.8. The molecule has 0 saturated carbocycles. The Balaban J connectivity index is 1.59. The molecule has 0 unspecified atom stereocenters. The van der Waals surface area contributed by atoms with Crippen LogP contribution in [0.25, 0.3) is 5.82 Å². The number of pyridine rings is 1. The fourth-order valence-electron chi connectivity index (χ4n) is 2.70. The average Bonchev–Trinajstić information content (AvgIpc) is 3.27. The molecule has 0 aliphatic carbocycles. The molecule has 32 heavy (non-hydrogen) atoms. The summed E-state index contributed by atoms with van der Waals surface area (Å²) in [5, 5.41) is 13.1. The van der Waals surface area contributed by atoms with Gasteiger partial charge in [-0.3, -0.25) is 14.9 Å². The highest BCUT2D eigenvalue weighted by Crippen LogP contribution is 2.32. The van der Waals surface area contributed by atoms with E-state index in [1.807, 2.05) is 0 Å². The highest BCUT2D eigenvalue weighted by atomic mass is 19.4. The zero-order valence-corrected chi connectivity index (χ0v) is 16.3. The molecule has 0 aliphatic rings. The molecule has 1 N–H and O–H groups in total. The lowest BCUT2D eigenvalue weighted by atomic mass is 10.1. The summed E-state index contributed by atoms with van der Waals surface area (Å²) in [4.78, 5) is 26.1. The molecule has 0 fully saturated rings. The number of carbonyl (C=O) groups is 1. The quantitative estimate of drug-likeness (QED) is 0.240. The Kier molecular flexibility index (Phi) is 6.71. The molecule has 12 heteroatoms. The van der Waals surface area contributed by atoms with E-state index in [1.54, 1.807) is 12.1 Å². The van der Waals surface area contributed by atoms with E-state index in [9.17, 15) is 32.5 Å². The molecule has 0 spiro atoms. The molecule has 0 radical (unpaired) electrons. The van der Waals surface area contributed by atoms with Gasteiger partial charge in [-0.1, -0.05) is 0 Å². The van der Waals surface area contributed by atoms with E-state index in [4.69, 9.17) is 4.74 Å². The monoisotopic (exact) mass is 452 g/mol. The summed E-state index contributed by atoms with van der Waals surface area (Å²) < 4.78 is 60.0. The van der Waals surface area contributed by atoms with Gasteiger partial charge in [-0.2, -0.15) is 18.2 Å². The smallest absolute Gasteiger partial charge is 0.416 e. The first-order valence-corrected chi connectivity index (χ1v) is 9.23. The normalized spacial score (nSPS) is 11.2. The summed E-state index contributed by atoms with van der Waals surface area (Å²) in [7, 11) is 0. The summed E-state index contributed by atoms with van der Waals surface area (Å²) in [6.45, 7) is -0.0957. The number of ether oxygens (including phenoxy) is 1. The average molecular weight is 452 g/mol. The Morgan fingerprint density at radius 3 is 2.56 bits per heavy atom. The first-order valence-electron chi connectivity index (χ1n) is 9.23. The number of benzene rings is 1. The summed E-state index contributed by atoms with van der Waals surface area (Å²) >= 11 is 0. The van der Waals surface area contributed by atoms with Gasteiger partial charge in [-0.15, -0.1) is 0 Å². The SMILES string of the molecule is O=C(NCCCOc1cc(C(F)(F)F)cc(-n2cccc2)n1)c1cc([N+](=O)[O-])ccc1F. The van der Waals surface area contributed by atoms with E-state index in [0.717, 1.165) is 30.3 Å². The van der Waals surface area contributed by atoms with Gasteiger partial charge in [0.05, 0.1) is 22.7 Å². The van der Waals surface area contributed by atoms with E-state index in [1.165, 1.54) is 17.0 Å². The molecule has 168 valence electrons. The van der Waals surface area contributed by atoms with Crippen molar-refractivity contribution in [3.63, 3.8) is 0 Å². The summed E-state index contributed by atoms with van der Waals surface area (Å²) in [6.07, 6.45) is -1.36. The van der Waals surface area contributed by atoms with Crippen molar-refractivity contribution in [3.05, 3.63) is 81.9 Å².